The maximum atomic E-state index is 12.9. The predicted octanol–water partition coefficient (Wildman–Crippen LogP) is 3.88. The molecule has 2 aromatic carbocycles. The number of hydrogen-bond acceptors (Lipinski definition) is 3. The second kappa shape index (κ2) is 7.89. The van der Waals surface area contributed by atoms with Crippen molar-refractivity contribution in [3.8, 4) is 5.75 Å². The van der Waals surface area contributed by atoms with Gasteiger partial charge in [-0.3, -0.25) is 4.79 Å². The summed E-state index contributed by atoms with van der Waals surface area (Å²) in [5.74, 6) is 2.17. The standard InChI is InChI=1S/C23H25N3O2/c1-17-14-24-22(26(17)15-18-6-4-3-5-7-18)20-12-13-25(16-20)23(27)19-8-10-21(28-2)11-9-19/h3-11,14,20H,12-13,15-16H2,1-2H3. The molecule has 1 fully saturated rings. The van der Waals surface area contributed by atoms with Crippen LogP contribution in [0.15, 0.2) is 60.8 Å². The number of imidazole rings is 1. The fourth-order valence-electron chi connectivity index (χ4n) is 3.85. The fourth-order valence-corrected chi connectivity index (χ4v) is 3.85. The lowest BCUT2D eigenvalue weighted by Crippen LogP contribution is -2.28. The lowest BCUT2D eigenvalue weighted by molar-refractivity contribution is 0.0790. The van der Waals surface area contributed by atoms with Crippen LogP contribution in [0, 0.1) is 6.92 Å². The van der Waals surface area contributed by atoms with Gasteiger partial charge in [0.05, 0.1) is 7.11 Å². The summed E-state index contributed by atoms with van der Waals surface area (Å²) < 4.78 is 7.46. The van der Waals surface area contributed by atoms with E-state index in [1.807, 2.05) is 41.4 Å². The zero-order valence-electron chi connectivity index (χ0n) is 16.3. The first kappa shape index (κ1) is 18.3. The Bertz CT molecular complexity index is 948. The van der Waals surface area contributed by atoms with Crippen LogP contribution >= 0.6 is 0 Å². The number of hydrogen-bond donors (Lipinski definition) is 0. The molecule has 5 nitrogen and oxygen atoms in total. The summed E-state index contributed by atoms with van der Waals surface area (Å²) >= 11 is 0. The molecule has 0 bridgehead atoms. The maximum absolute atomic E-state index is 12.9. The molecule has 0 radical (unpaired) electrons. The van der Waals surface area contributed by atoms with Crippen molar-refractivity contribution in [2.45, 2.75) is 25.8 Å². The molecule has 2 heterocycles. The minimum atomic E-state index is 0.0723. The van der Waals surface area contributed by atoms with Crippen LogP contribution in [0.25, 0.3) is 0 Å². The number of nitrogens with zero attached hydrogens (tertiary/aromatic N) is 3. The van der Waals surface area contributed by atoms with E-state index in [2.05, 4.69) is 35.8 Å². The molecular weight excluding hydrogens is 350 g/mol. The summed E-state index contributed by atoms with van der Waals surface area (Å²) in [6, 6.07) is 17.7. The highest BCUT2D eigenvalue weighted by Gasteiger charge is 2.31. The number of rotatable bonds is 5. The van der Waals surface area contributed by atoms with E-state index >= 15 is 0 Å². The molecule has 0 aliphatic carbocycles. The van der Waals surface area contributed by atoms with Crippen LogP contribution in [-0.2, 0) is 6.54 Å². The number of aryl methyl sites for hydroxylation is 1. The average Bonchev–Trinajstić information content (AvgIpc) is 3.36. The Hall–Kier alpha value is -3.08. The molecule has 1 atom stereocenters. The van der Waals surface area contributed by atoms with E-state index < -0.39 is 0 Å². The highest BCUT2D eigenvalue weighted by Crippen LogP contribution is 2.29. The molecule has 1 amide bonds. The smallest absolute Gasteiger partial charge is 0.253 e. The molecule has 1 unspecified atom stereocenters. The molecule has 5 heteroatoms. The summed E-state index contributed by atoms with van der Waals surface area (Å²) in [6.07, 6.45) is 2.87. The van der Waals surface area contributed by atoms with Crippen LogP contribution in [0.5, 0.6) is 5.75 Å². The molecule has 144 valence electrons. The van der Waals surface area contributed by atoms with Crippen LogP contribution in [0.2, 0.25) is 0 Å². The van der Waals surface area contributed by atoms with Crippen molar-refractivity contribution in [1.82, 2.24) is 14.5 Å². The van der Waals surface area contributed by atoms with Crippen LogP contribution < -0.4 is 4.74 Å². The van der Waals surface area contributed by atoms with Crippen molar-refractivity contribution in [3.63, 3.8) is 0 Å². The predicted molar refractivity (Wildman–Crippen MR) is 109 cm³/mol. The first-order chi connectivity index (χ1) is 13.7. The van der Waals surface area contributed by atoms with Gasteiger partial charge in [0.15, 0.2) is 0 Å². The molecule has 1 saturated heterocycles. The van der Waals surface area contributed by atoms with Crippen molar-refractivity contribution >= 4 is 5.91 Å². The van der Waals surface area contributed by atoms with Gasteiger partial charge in [0.1, 0.15) is 11.6 Å². The molecule has 1 aromatic heterocycles. The Kier molecular flexibility index (Phi) is 5.15. The summed E-state index contributed by atoms with van der Waals surface area (Å²) in [4.78, 5) is 19.5. The Morgan fingerprint density at radius 3 is 2.61 bits per heavy atom. The SMILES string of the molecule is COc1ccc(C(=O)N2CCC(c3ncc(C)n3Cc3ccccc3)C2)cc1. The monoisotopic (exact) mass is 375 g/mol. The molecule has 28 heavy (non-hydrogen) atoms. The lowest BCUT2D eigenvalue weighted by Gasteiger charge is -2.18. The van der Waals surface area contributed by atoms with Gasteiger partial charge >= 0.3 is 0 Å². The van der Waals surface area contributed by atoms with Gasteiger partial charge in [-0.25, -0.2) is 4.98 Å². The van der Waals surface area contributed by atoms with Crippen molar-refractivity contribution in [3.05, 3.63) is 83.4 Å². The Labute approximate surface area is 165 Å². The Balaban J connectivity index is 1.49. The van der Waals surface area contributed by atoms with Gasteiger partial charge in [-0.1, -0.05) is 30.3 Å². The van der Waals surface area contributed by atoms with E-state index in [1.165, 1.54) is 5.56 Å². The van der Waals surface area contributed by atoms with Crippen LogP contribution in [-0.4, -0.2) is 40.6 Å². The highest BCUT2D eigenvalue weighted by atomic mass is 16.5. The van der Waals surface area contributed by atoms with E-state index in [-0.39, 0.29) is 11.8 Å². The molecule has 0 N–H and O–H groups in total. The Morgan fingerprint density at radius 2 is 1.89 bits per heavy atom. The van der Waals surface area contributed by atoms with Crippen molar-refractivity contribution in [1.29, 1.82) is 0 Å². The fraction of sp³-hybridized carbons (Fsp3) is 0.304. The number of methoxy groups -OCH3 is 1. The third-order valence-corrected chi connectivity index (χ3v) is 5.45. The van der Waals surface area contributed by atoms with Gasteiger partial charge in [0.25, 0.3) is 5.91 Å². The number of benzene rings is 2. The van der Waals surface area contributed by atoms with Gasteiger partial charge in [0.2, 0.25) is 0 Å². The topological polar surface area (TPSA) is 47.4 Å². The van der Waals surface area contributed by atoms with Crippen molar-refractivity contribution in [2.75, 3.05) is 20.2 Å². The zero-order valence-corrected chi connectivity index (χ0v) is 16.3. The van der Waals surface area contributed by atoms with Gasteiger partial charge in [-0.05, 0) is 43.2 Å². The van der Waals surface area contributed by atoms with Crippen LogP contribution in [0.3, 0.4) is 0 Å². The number of amides is 1. The molecular formula is C23H25N3O2. The van der Waals surface area contributed by atoms with Gasteiger partial charge in [0, 0.05) is 43.0 Å². The molecule has 4 rings (SSSR count). The van der Waals surface area contributed by atoms with Gasteiger partial charge < -0.3 is 14.2 Å². The maximum Gasteiger partial charge on any atom is 0.253 e. The second-order valence-corrected chi connectivity index (χ2v) is 7.29. The second-order valence-electron chi connectivity index (χ2n) is 7.29. The zero-order chi connectivity index (χ0) is 19.5. The van der Waals surface area contributed by atoms with Crippen molar-refractivity contribution in [2.24, 2.45) is 0 Å². The molecule has 3 aromatic rings. The number of carbonyl (C=O) groups excluding carboxylic acids is 1. The van der Waals surface area contributed by atoms with Crippen molar-refractivity contribution < 1.29 is 9.53 Å². The summed E-state index contributed by atoms with van der Waals surface area (Å²) in [5.41, 5.74) is 3.11. The van der Waals surface area contributed by atoms with E-state index in [9.17, 15) is 4.79 Å². The molecule has 1 aliphatic rings. The third kappa shape index (κ3) is 3.65. The quantitative estimate of drug-likeness (QED) is 0.680. The van der Waals surface area contributed by atoms with Gasteiger partial charge in [-0.2, -0.15) is 0 Å². The number of ether oxygens (including phenoxy) is 1. The van der Waals surface area contributed by atoms with Gasteiger partial charge in [-0.15, -0.1) is 0 Å². The summed E-state index contributed by atoms with van der Waals surface area (Å²) in [7, 11) is 1.63. The molecule has 0 saturated carbocycles. The first-order valence-corrected chi connectivity index (χ1v) is 9.65. The van der Waals surface area contributed by atoms with E-state index in [0.717, 1.165) is 36.8 Å². The largest absolute Gasteiger partial charge is 0.497 e. The van der Waals surface area contributed by atoms with Crippen LogP contribution in [0.4, 0.5) is 0 Å². The van der Waals surface area contributed by atoms with Crippen LogP contribution in [0.1, 0.15) is 39.8 Å². The lowest BCUT2D eigenvalue weighted by atomic mass is 10.1. The number of aromatic nitrogens is 2. The molecule has 0 spiro atoms. The summed E-state index contributed by atoms with van der Waals surface area (Å²) in [6.45, 7) is 4.36. The highest BCUT2D eigenvalue weighted by molar-refractivity contribution is 5.94. The number of carbonyl (C=O) groups is 1. The number of likely N-dealkylation sites (tertiary alicyclic amines) is 1. The Morgan fingerprint density at radius 1 is 1.14 bits per heavy atom. The minimum absolute atomic E-state index is 0.0723. The first-order valence-electron chi connectivity index (χ1n) is 9.65. The van der Waals surface area contributed by atoms with E-state index in [0.29, 0.717) is 12.1 Å². The normalized spacial score (nSPS) is 16.4. The molecule has 1 aliphatic heterocycles. The van der Waals surface area contributed by atoms with E-state index in [4.69, 9.17) is 9.72 Å². The minimum Gasteiger partial charge on any atom is -0.497 e. The third-order valence-electron chi connectivity index (χ3n) is 5.45. The summed E-state index contributed by atoms with van der Waals surface area (Å²) in [5, 5.41) is 0. The average molecular weight is 375 g/mol. The van der Waals surface area contributed by atoms with E-state index in [1.54, 1.807) is 7.11 Å².